The van der Waals surface area contributed by atoms with Crippen LogP contribution >= 0.6 is 0 Å². The fraction of sp³-hybridized carbons (Fsp3) is 0.591. The van der Waals surface area contributed by atoms with Crippen LogP contribution in [-0.4, -0.2) is 55.9 Å². The summed E-state index contributed by atoms with van der Waals surface area (Å²) < 4.78 is 26.1. The minimum Gasteiger partial charge on any atom is -0.384 e. The van der Waals surface area contributed by atoms with Gasteiger partial charge in [-0.3, -0.25) is 15.0 Å². The zero-order valence-corrected chi connectivity index (χ0v) is 19.3. The van der Waals surface area contributed by atoms with E-state index in [2.05, 4.69) is 10.0 Å². The highest BCUT2D eigenvalue weighted by atomic mass is 32.2. The highest BCUT2D eigenvalue weighted by Crippen LogP contribution is 2.29. The maximum Gasteiger partial charge on any atom is 0.243 e. The summed E-state index contributed by atoms with van der Waals surface area (Å²) in [7, 11) is -3.33. The monoisotopic (exact) mass is 463 g/mol. The maximum absolute atomic E-state index is 13.1. The number of likely N-dealkylation sites (tertiary alicyclic amines) is 1. The molecule has 1 aliphatic heterocycles. The molecule has 2 fully saturated rings. The number of amides is 2. The van der Waals surface area contributed by atoms with Crippen LogP contribution in [0.2, 0.25) is 0 Å². The second-order valence-corrected chi connectivity index (χ2v) is 10.6. The van der Waals surface area contributed by atoms with E-state index in [1.54, 1.807) is 17.0 Å². The van der Waals surface area contributed by atoms with Gasteiger partial charge in [-0.1, -0.05) is 37.1 Å². The highest BCUT2D eigenvalue weighted by molar-refractivity contribution is 7.88. The number of carbonyl (C=O) groups is 2. The summed E-state index contributed by atoms with van der Waals surface area (Å²) in [5.74, 6) is -0.315. The third-order valence-corrected chi connectivity index (χ3v) is 7.05. The average Bonchev–Trinajstić information content (AvgIpc) is 3.23. The largest absolute Gasteiger partial charge is 0.384 e. The van der Waals surface area contributed by atoms with Gasteiger partial charge in [0.15, 0.2) is 0 Å². The molecule has 1 heterocycles. The topological polar surface area (TPSA) is 145 Å². The van der Waals surface area contributed by atoms with Gasteiger partial charge in [0.1, 0.15) is 11.9 Å². The molecule has 2 aliphatic rings. The molecule has 1 saturated carbocycles. The molecule has 1 aromatic carbocycles. The Morgan fingerprint density at radius 3 is 2.47 bits per heavy atom. The molecule has 1 saturated heterocycles. The molecule has 9 nitrogen and oxygen atoms in total. The zero-order valence-electron chi connectivity index (χ0n) is 18.5. The molecular weight excluding hydrogens is 430 g/mol. The third-order valence-electron chi connectivity index (χ3n) is 6.32. The normalized spacial score (nSPS) is 23.7. The summed E-state index contributed by atoms with van der Waals surface area (Å²) >= 11 is 0. The quantitative estimate of drug-likeness (QED) is 0.337. The molecule has 0 bridgehead atoms. The van der Waals surface area contributed by atoms with Crippen molar-refractivity contribution in [3.63, 3.8) is 0 Å². The molecule has 2 amide bonds. The van der Waals surface area contributed by atoms with Gasteiger partial charge < -0.3 is 16.0 Å². The predicted molar refractivity (Wildman–Crippen MR) is 122 cm³/mol. The molecular formula is C22H33N5O4S. The molecule has 0 radical (unpaired) electrons. The van der Waals surface area contributed by atoms with Gasteiger partial charge >= 0.3 is 0 Å². The van der Waals surface area contributed by atoms with Crippen molar-refractivity contribution in [3.8, 4) is 0 Å². The van der Waals surface area contributed by atoms with Gasteiger partial charge in [0.25, 0.3) is 0 Å². The SMILES string of the molecule is CS(=O)(=O)NC1CCCC[C@@H]1CC(=O)N1CCC[C@H]1C(=O)NCc1ccc(C(=N)N)cc1. The van der Waals surface area contributed by atoms with Gasteiger partial charge in [0, 0.05) is 31.1 Å². The standard InChI is InChI=1S/C22H33N5O4S/c1-32(30,31)26-18-6-3-2-5-17(18)13-20(28)27-12-4-7-19(27)22(29)25-14-15-8-10-16(11-9-15)21(23)24/h8-11,17-19,26H,2-7,12-14H2,1H3,(H3,23,24)(H,25,29)/t17-,18?,19+/m1/s1. The van der Waals surface area contributed by atoms with E-state index in [1.807, 2.05) is 12.1 Å². The van der Waals surface area contributed by atoms with Crippen molar-refractivity contribution in [2.45, 2.75) is 63.6 Å². The summed E-state index contributed by atoms with van der Waals surface area (Å²) in [5.41, 5.74) is 6.97. The summed E-state index contributed by atoms with van der Waals surface area (Å²) in [4.78, 5) is 27.5. The summed E-state index contributed by atoms with van der Waals surface area (Å²) in [5, 5.41) is 10.3. The summed E-state index contributed by atoms with van der Waals surface area (Å²) in [6.07, 6.45) is 6.26. The Bertz CT molecular complexity index is 948. The van der Waals surface area contributed by atoms with Gasteiger partial charge in [-0.05, 0) is 37.2 Å². The van der Waals surface area contributed by atoms with Crippen LogP contribution in [0.3, 0.4) is 0 Å². The Labute approximate surface area is 189 Å². The Morgan fingerprint density at radius 1 is 1.12 bits per heavy atom. The predicted octanol–water partition coefficient (Wildman–Crippen LogP) is 1.08. The second kappa shape index (κ2) is 10.4. The average molecular weight is 464 g/mol. The molecule has 1 aromatic rings. The Kier molecular flexibility index (Phi) is 7.89. The lowest BCUT2D eigenvalue weighted by Crippen LogP contribution is -2.48. The van der Waals surface area contributed by atoms with Crippen LogP contribution in [0.4, 0.5) is 0 Å². The first-order valence-corrected chi connectivity index (χ1v) is 13.0. The lowest BCUT2D eigenvalue weighted by atomic mass is 9.82. The van der Waals surface area contributed by atoms with Crippen LogP contribution in [0.25, 0.3) is 0 Å². The number of nitrogens with zero attached hydrogens (tertiary/aromatic N) is 1. The van der Waals surface area contributed by atoms with Gasteiger partial charge in [-0.25, -0.2) is 13.1 Å². The third kappa shape index (κ3) is 6.52. The van der Waals surface area contributed by atoms with E-state index in [0.29, 0.717) is 25.1 Å². The molecule has 10 heteroatoms. The smallest absolute Gasteiger partial charge is 0.243 e. The van der Waals surface area contributed by atoms with Crippen molar-refractivity contribution < 1.29 is 18.0 Å². The van der Waals surface area contributed by atoms with E-state index in [9.17, 15) is 18.0 Å². The molecule has 5 N–H and O–H groups in total. The highest BCUT2D eigenvalue weighted by Gasteiger charge is 2.36. The van der Waals surface area contributed by atoms with Crippen molar-refractivity contribution in [2.24, 2.45) is 11.7 Å². The van der Waals surface area contributed by atoms with Crippen LogP contribution in [0, 0.1) is 11.3 Å². The lowest BCUT2D eigenvalue weighted by Gasteiger charge is -2.33. The number of hydrogen-bond acceptors (Lipinski definition) is 5. The molecule has 176 valence electrons. The first kappa shape index (κ1) is 24.2. The van der Waals surface area contributed by atoms with E-state index in [1.165, 1.54) is 0 Å². The molecule has 0 aromatic heterocycles. The number of amidine groups is 1. The second-order valence-electron chi connectivity index (χ2n) is 8.82. The van der Waals surface area contributed by atoms with Gasteiger partial charge in [0.2, 0.25) is 21.8 Å². The van der Waals surface area contributed by atoms with Gasteiger partial charge in [0.05, 0.1) is 6.26 Å². The van der Waals surface area contributed by atoms with Gasteiger partial charge in [-0.2, -0.15) is 0 Å². The molecule has 1 unspecified atom stereocenters. The minimum atomic E-state index is -3.33. The van der Waals surface area contributed by atoms with E-state index in [4.69, 9.17) is 11.1 Å². The Balaban J connectivity index is 1.57. The fourth-order valence-corrected chi connectivity index (χ4v) is 5.53. The summed E-state index contributed by atoms with van der Waals surface area (Å²) in [6.45, 7) is 0.875. The van der Waals surface area contributed by atoms with Crippen molar-refractivity contribution >= 4 is 27.7 Å². The van der Waals surface area contributed by atoms with Gasteiger partial charge in [-0.15, -0.1) is 0 Å². The Hall–Kier alpha value is -2.46. The van der Waals surface area contributed by atoms with Crippen LogP contribution in [-0.2, 0) is 26.2 Å². The van der Waals surface area contributed by atoms with Crippen molar-refractivity contribution in [1.82, 2.24) is 14.9 Å². The van der Waals surface area contributed by atoms with Crippen molar-refractivity contribution in [1.29, 1.82) is 5.41 Å². The number of carbonyl (C=O) groups excluding carboxylic acids is 2. The number of nitrogens with one attached hydrogen (secondary N) is 3. The summed E-state index contributed by atoms with van der Waals surface area (Å²) in [6, 6.07) is 6.37. The van der Waals surface area contributed by atoms with Crippen LogP contribution < -0.4 is 15.8 Å². The number of rotatable bonds is 8. The first-order chi connectivity index (χ1) is 15.1. The molecule has 1 aliphatic carbocycles. The zero-order chi connectivity index (χ0) is 23.3. The number of nitrogens with two attached hydrogens (primary N) is 1. The number of benzene rings is 1. The number of sulfonamides is 1. The van der Waals surface area contributed by atoms with E-state index >= 15 is 0 Å². The minimum absolute atomic E-state index is 0.00682. The molecule has 3 rings (SSSR count). The van der Waals surface area contributed by atoms with Crippen molar-refractivity contribution in [3.05, 3.63) is 35.4 Å². The molecule has 3 atom stereocenters. The fourth-order valence-electron chi connectivity index (χ4n) is 4.67. The molecule has 0 spiro atoms. The molecule has 32 heavy (non-hydrogen) atoms. The van der Waals surface area contributed by atoms with E-state index < -0.39 is 16.1 Å². The maximum atomic E-state index is 13.1. The Morgan fingerprint density at radius 2 is 1.81 bits per heavy atom. The lowest BCUT2D eigenvalue weighted by molar-refractivity contribution is -0.139. The van der Waals surface area contributed by atoms with Crippen molar-refractivity contribution in [2.75, 3.05) is 12.8 Å². The van der Waals surface area contributed by atoms with E-state index in [0.717, 1.165) is 43.9 Å². The van der Waals surface area contributed by atoms with Crippen LogP contribution in [0.1, 0.15) is 56.1 Å². The van der Waals surface area contributed by atoms with E-state index in [-0.39, 0.29) is 36.0 Å². The number of hydrogen-bond donors (Lipinski definition) is 4. The van der Waals surface area contributed by atoms with Crippen LogP contribution in [0.5, 0.6) is 0 Å². The number of nitrogen functional groups attached to an aromatic ring is 1. The first-order valence-electron chi connectivity index (χ1n) is 11.1. The van der Waals surface area contributed by atoms with Crippen LogP contribution in [0.15, 0.2) is 24.3 Å².